The summed E-state index contributed by atoms with van der Waals surface area (Å²) in [7, 11) is 0. The molecular weight excluding hydrogens is 520 g/mol. The van der Waals surface area contributed by atoms with Crippen LogP contribution in [0.4, 0.5) is 0 Å². The van der Waals surface area contributed by atoms with E-state index >= 15 is 0 Å². The average Bonchev–Trinajstić information content (AvgIpc) is 3.32. The lowest BCUT2D eigenvalue weighted by atomic mass is 9.84. The Balaban J connectivity index is 1.59. The summed E-state index contributed by atoms with van der Waals surface area (Å²) >= 11 is 0. The molecule has 0 saturated heterocycles. The fourth-order valence-electron chi connectivity index (χ4n) is 5.17. The highest BCUT2D eigenvalue weighted by Gasteiger charge is 2.22. The molecule has 1 heterocycles. The summed E-state index contributed by atoms with van der Waals surface area (Å²) in [5.74, 6) is -1.21. The number of ether oxygens (including phenoxy) is 1. The molecule has 0 spiro atoms. The van der Waals surface area contributed by atoms with Crippen LogP contribution < -0.4 is 4.74 Å². The molecule has 0 aliphatic carbocycles. The molecule has 1 nitrogen and oxygen atoms in total. The second kappa shape index (κ2) is 9.44. The van der Waals surface area contributed by atoms with Crippen molar-refractivity contribution in [2.24, 2.45) is 0 Å². The van der Waals surface area contributed by atoms with Gasteiger partial charge in [0.15, 0.2) is 0 Å². The van der Waals surface area contributed by atoms with Crippen molar-refractivity contribution in [2.45, 2.75) is 0 Å². The predicted molar refractivity (Wildman–Crippen MR) is 181 cm³/mol. The van der Waals surface area contributed by atoms with Gasteiger partial charge < -0.3 is 4.74 Å². The van der Waals surface area contributed by atoms with E-state index in [0.717, 1.165) is 0 Å². The largest absolute Gasteiger partial charge is 0.456 e. The number of hydrogen-bond donors (Lipinski definition) is 0. The van der Waals surface area contributed by atoms with Crippen LogP contribution in [0.2, 0.25) is 0 Å². The molecule has 1 aliphatic heterocycles. The van der Waals surface area contributed by atoms with Gasteiger partial charge in [0.05, 0.1) is 35.6 Å². The van der Waals surface area contributed by atoms with Crippen LogP contribution in [0.1, 0.15) is 35.6 Å². The highest BCUT2D eigenvalue weighted by Crippen LogP contribution is 2.49. The van der Waals surface area contributed by atoms with Crippen molar-refractivity contribution >= 4 is 32.3 Å². The molecule has 43 heavy (non-hydrogen) atoms. The topological polar surface area (TPSA) is 9.23 Å². The lowest BCUT2D eigenvalue weighted by Gasteiger charge is -2.23. The average molecular weight is 573 g/mol. The van der Waals surface area contributed by atoms with E-state index in [1.807, 2.05) is 0 Å². The van der Waals surface area contributed by atoms with Gasteiger partial charge in [-0.3, -0.25) is 0 Å². The molecule has 8 aromatic carbocycles. The van der Waals surface area contributed by atoms with Crippen molar-refractivity contribution < 1.29 is 40.4 Å². The van der Waals surface area contributed by atoms with E-state index in [2.05, 4.69) is 0 Å². The zero-order chi connectivity index (χ0) is 51.0. The van der Waals surface area contributed by atoms with Crippen molar-refractivity contribution in [3.8, 4) is 56.0 Å². The standard InChI is InChI=1S/C42H26O/c1-2-11-27(12-3-1)29-15-8-16-30(25-29)40-32-17-4-6-19-34(32)41(35-20-7-5-18-33(35)40)31-23-24-38-37(26-31)36-21-9-13-28-14-10-22-39(43-38)42(28)36/h1-26H/i1D,2D,3D,4D,5D,6D,7D,8D,9D,10D,11D,12D,13D,14D,15D,16D,17D,18D,19D,20D,21D,22D,23D,24D,25D,26D. The number of fused-ring (bicyclic) bond motifs is 4. The van der Waals surface area contributed by atoms with Gasteiger partial charge in [0.25, 0.3) is 0 Å². The summed E-state index contributed by atoms with van der Waals surface area (Å²) in [5, 5.41) is -3.77. The summed E-state index contributed by atoms with van der Waals surface area (Å²) in [5.41, 5.74) is -5.74. The van der Waals surface area contributed by atoms with Crippen molar-refractivity contribution in [1.29, 1.82) is 0 Å². The minimum absolute atomic E-state index is 0.352. The number of benzene rings is 8. The molecule has 1 heteroatoms. The molecule has 0 unspecified atom stereocenters. The normalized spacial score (nSPS) is 20.4. The molecule has 9 rings (SSSR count). The predicted octanol–water partition coefficient (Wildman–Crippen LogP) is 11.9. The second-order valence-corrected chi connectivity index (χ2v) is 9.26. The molecule has 0 N–H and O–H groups in total. The highest BCUT2D eigenvalue weighted by atomic mass is 16.5. The molecule has 0 saturated carbocycles. The number of rotatable bonds is 3. The minimum atomic E-state index is -1.04. The Morgan fingerprint density at radius 3 is 1.63 bits per heavy atom. The first-order valence-electron chi connectivity index (χ1n) is 25.7. The maximum Gasteiger partial charge on any atom is 0.135 e. The van der Waals surface area contributed by atoms with E-state index in [1.165, 1.54) is 0 Å². The van der Waals surface area contributed by atoms with Crippen LogP contribution in [0, 0.1) is 0 Å². The Morgan fingerprint density at radius 2 is 0.930 bits per heavy atom. The summed E-state index contributed by atoms with van der Waals surface area (Å²) in [6.07, 6.45) is 0. The maximum absolute atomic E-state index is 9.84. The highest BCUT2D eigenvalue weighted by molar-refractivity contribution is 6.21. The Labute approximate surface area is 286 Å². The molecule has 0 radical (unpaired) electrons. The van der Waals surface area contributed by atoms with E-state index in [0.29, 0.717) is 0 Å². The molecule has 0 atom stereocenters. The lowest BCUT2D eigenvalue weighted by molar-refractivity contribution is 0.487. The van der Waals surface area contributed by atoms with Gasteiger partial charge in [-0.15, -0.1) is 0 Å². The molecular formula is C42H26O. The summed E-state index contributed by atoms with van der Waals surface area (Å²) in [6.45, 7) is 0. The van der Waals surface area contributed by atoms with Crippen molar-refractivity contribution in [2.75, 3.05) is 0 Å². The van der Waals surface area contributed by atoms with Gasteiger partial charge in [0.1, 0.15) is 11.5 Å². The fraction of sp³-hybridized carbons (Fsp3) is 0. The Hall–Kier alpha value is -5.66. The molecule has 0 fully saturated rings. The third-order valence-electron chi connectivity index (χ3n) is 6.95. The fourth-order valence-corrected chi connectivity index (χ4v) is 5.17. The van der Waals surface area contributed by atoms with Crippen molar-refractivity contribution in [1.82, 2.24) is 0 Å². The monoisotopic (exact) mass is 572 g/mol. The third kappa shape index (κ3) is 3.72. The van der Waals surface area contributed by atoms with Crippen LogP contribution in [0.5, 0.6) is 11.5 Å². The van der Waals surface area contributed by atoms with E-state index in [-0.39, 0.29) is 5.39 Å². The van der Waals surface area contributed by atoms with Crippen LogP contribution in [0.25, 0.3) is 76.8 Å². The summed E-state index contributed by atoms with van der Waals surface area (Å²) in [6, 6.07) is -23.9. The lowest BCUT2D eigenvalue weighted by Crippen LogP contribution is -1.98. The van der Waals surface area contributed by atoms with Gasteiger partial charge in [-0.1, -0.05) is 133 Å². The van der Waals surface area contributed by atoms with E-state index in [4.69, 9.17) is 28.0 Å². The van der Waals surface area contributed by atoms with Gasteiger partial charge in [-0.2, -0.15) is 0 Å². The molecule has 0 bridgehead atoms. The first-order valence-corrected chi connectivity index (χ1v) is 12.7. The molecule has 1 aliphatic rings. The van der Waals surface area contributed by atoms with E-state index in [1.54, 1.807) is 0 Å². The number of hydrogen-bond acceptors (Lipinski definition) is 1. The zero-order valence-electron chi connectivity index (χ0n) is 47.4. The molecule has 0 amide bonds. The van der Waals surface area contributed by atoms with Gasteiger partial charge in [-0.25, -0.2) is 0 Å². The van der Waals surface area contributed by atoms with E-state index in [9.17, 15) is 12.3 Å². The molecule has 200 valence electrons. The van der Waals surface area contributed by atoms with Crippen LogP contribution in [-0.2, 0) is 0 Å². The zero-order valence-corrected chi connectivity index (χ0v) is 21.4. The SMILES string of the molecule is [2H]c1c([2H])c([2H])c(-c2c([2H])c([2H])c([2H])c(-c3c4c([2H])c([2H])c([2H])c([2H])c4c(-c4c([2H])c([2H])c5c(c4[2H])-c4c([2H])c([2H])c([2H])c6c([2H])c([2H])c([2H])c(c46)O5)c4c([2H])c([2H])c([2H])c([2H])c34)c2[2H])c([2H])c1[2H]. The minimum Gasteiger partial charge on any atom is -0.456 e. The summed E-state index contributed by atoms with van der Waals surface area (Å²) in [4.78, 5) is 0. The van der Waals surface area contributed by atoms with Gasteiger partial charge in [0, 0.05) is 10.9 Å². The van der Waals surface area contributed by atoms with Crippen LogP contribution in [-0.4, -0.2) is 0 Å². The Kier molecular flexibility index (Phi) is 2.13. The maximum atomic E-state index is 9.84. The smallest absolute Gasteiger partial charge is 0.135 e. The first kappa shape index (κ1) is 9.69. The Morgan fingerprint density at radius 1 is 0.372 bits per heavy atom. The Bertz CT molecular complexity index is 3710. The quantitative estimate of drug-likeness (QED) is 0.191. The van der Waals surface area contributed by atoms with Crippen LogP contribution in [0.3, 0.4) is 0 Å². The second-order valence-electron chi connectivity index (χ2n) is 9.26. The van der Waals surface area contributed by atoms with Gasteiger partial charge >= 0.3 is 0 Å². The van der Waals surface area contributed by atoms with Gasteiger partial charge in [0.2, 0.25) is 0 Å². The van der Waals surface area contributed by atoms with Crippen LogP contribution >= 0.6 is 0 Å². The van der Waals surface area contributed by atoms with Crippen LogP contribution in [0.15, 0.2) is 157 Å². The summed E-state index contributed by atoms with van der Waals surface area (Å²) < 4.78 is 238. The molecule has 0 aromatic heterocycles. The van der Waals surface area contributed by atoms with Crippen molar-refractivity contribution in [3.63, 3.8) is 0 Å². The van der Waals surface area contributed by atoms with E-state index < -0.39 is 240 Å². The molecule has 8 aromatic rings. The van der Waals surface area contributed by atoms with Crippen molar-refractivity contribution in [3.05, 3.63) is 157 Å². The van der Waals surface area contributed by atoms with Gasteiger partial charge in [-0.05, 0) is 90.0 Å². The third-order valence-corrected chi connectivity index (χ3v) is 6.95. The first-order chi connectivity index (χ1) is 32.2.